The summed E-state index contributed by atoms with van der Waals surface area (Å²) in [4.78, 5) is 10.9. The van der Waals surface area contributed by atoms with Gasteiger partial charge in [-0.2, -0.15) is 5.10 Å². The van der Waals surface area contributed by atoms with Gasteiger partial charge in [-0.25, -0.2) is 9.48 Å². The van der Waals surface area contributed by atoms with Crippen LogP contribution in [0.2, 0.25) is 0 Å². The summed E-state index contributed by atoms with van der Waals surface area (Å²) in [5.74, 6) is 0.350. The molecule has 0 saturated carbocycles. The van der Waals surface area contributed by atoms with Crippen molar-refractivity contribution in [3.8, 4) is 5.69 Å². The third-order valence-corrected chi connectivity index (χ3v) is 3.31. The maximum absolute atomic E-state index is 10.9. The van der Waals surface area contributed by atoms with Crippen molar-refractivity contribution in [3.63, 3.8) is 0 Å². The first kappa shape index (κ1) is 15.1. The number of amides is 1. The molecule has 0 atom stereocenters. The molecule has 0 aliphatic heterocycles. The number of carbonyl (C=O) groups is 1. The molecule has 112 valence electrons. The number of hydrogen-bond acceptors (Lipinski definition) is 3. The fourth-order valence-corrected chi connectivity index (χ4v) is 1.87. The SMILES string of the molecule is Cc1ccc(-n2nc(C(C)(C)CO)cc2NC(=O)O)cc1. The Kier molecular flexibility index (Phi) is 3.99. The maximum Gasteiger partial charge on any atom is 0.410 e. The molecule has 2 aromatic rings. The van der Waals surface area contributed by atoms with E-state index in [0.717, 1.165) is 11.3 Å². The zero-order chi connectivity index (χ0) is 15.6. The lowest BCUT2D eigenvalue weighted by Gasteiger charge is -2.18. The maximum atomic E-state index is 10.9. The second-order valence-corrected chi connectivity index (χ2v) is 5.63. The Morgan fingerprint density at radius 1 is 1.33 bits per heavy atom. The van der Waals surface area contributed by atoms with Gasteiger partial charge in [-0.3, -0.25) is 5.32 Å². The van der Waals surface area contributed by atoms with Crippen LogP contribution in [0, 0.1) is 6.92 Å². The van der Waals surface area contributed by atoms with Gasteiger partial charge in [0.2, 0.25) is 0 Å². The molecule has 6 heteroatoms. The molecule has 0 bridgehead atoms. The van der Waals surface area contributed by atoms with Crippen LogP contribution in [0.25, 0.3) is 5.69 Å². The summed E-state index contributed by atoms with van der Waals surface area (Å²) in [7, 11) is 0. The van der Waals surface area contributed by atoms with Gasteiger partial charge in [-0.05, 0) is 19.1 Å². The Morgan fingerprint density at radius 2 is 1.95 bits per heavy atom. The minimum Gasteiger partial charge on any atom is -0.465 e. The van der Waals surface area contributed by atoms with E-state index in [2.05, 4.69) is 10.4 Å². The first-order valence-corrected chi connectivity index (χ1v) is 6.62. The van der Waals surface area contributed by atoms with Crippen molar-refractivity contribution in [3.05, 3.63) is 41.6 Å². The van der Waals surface area contributed by atoms with E-state index in [1.165, 1.54) is 4.68 Å². The molecule has 0 aliphatic rings. The molecule has 0 fully saturated rings. The number of aromatic nitrogens is 2. The number of nitrogens with one attached hydrogen (secondary N) is 1. The monoisotopic (exact) mass is 289 g/mol. The second-order valence-electron chi connectivity index (χ2n) is 5.63. The standard InChI is InChI=1S/C15H19N3O3/c1-10-4-6-11(7-5-10)18-13(16-14(20)21)8-12(17-18)15(2,3)9-19/h4-8,16,19H,9H2,1-3H3,(H,20,21). The second kappa shape index (κ2) is 5.57. The molecule has 21 heavy (non-hydrogen) atoms. The van der Waals surface area contributed by atoms with Crippen LogP contribution < -0.4 is 5.32 Å². The normalized spacial score (nSPS) is 11.4. The molecule has 6 nitrogen and oxygen atoms in total. The summed E-state index contributed by atoms with van der Waals surface area (Å²) in [5, 5.41) is 25.2. The molecule has 0 radical (unpaired) electrons. The summed E-state index contributed by atoms with van der Waals surface area (Å²) >= 11 is 0. The van der Waals surface area contributed by atoms with E-state index in [9.17, 15) is 9.90 Å². The van der Waals surface area contributed by atoms with Gasteiger partial charge in [-0.1, -0.05) is 31.5 Å². The first-order valence-electron chi connectivity index (χ1n) is 6.62. The Hall–Kier alpha value is -2.34. The molecule has 3 N–H and O–H groups in total. The predicted octanol–water partition coefficient (Wildman–Crippen LogP) is 2.54. The van der Waals surface area contributed by atoms with Gasteiger partial charge in [0.25, 0.3) is 0 Å². The van der Waals surface area contributed by atoms with Crippen molar-refractivity contribution < 1.29 is 15.0 Å². The van der Waals surface area contributed by atoms with E-state index in [-0.39, 0.29) is 6.61 Å². The molecular weight excluding hydrogens is 270 g/mol. The van der Waals surface area contributed by atoms with Gasteiger partial charge in [-0.15, -0.1) is 0 Å². The van der Waals surface area contributed by atoms with E-state index in [1.54, 1.807) is 6.07 Å². The first-order chi connectivity index (χ1) is 9.83. The minimum absolute atomic E-state index is 0.0789. The number of aryl methyl sites for hydroxylation is 1. The third-order valence-electron chi connectivity index (χ3n) is 3.31. The van der Waals surface area contributed by atoms with E-state index in [4.69, 9.17) is 5.11 Å². The van der Waals surface area contributed by atoms with Crippen LogP contribution in [0.5, 0.6) is 0 Å². The Labute approximate surface area is 123 Å². The Morgan fingerprint density at radius 3 is 2.48 bits per heavy atom. The summed E-state index contributed by atoms with van der Waals surface area (Å²) in [6.45, 7) is 5.59. The van der Waals surface area contributed by atoms with Crippen molar-refractivity contribution >= 4 is 11.9 Å². The van der Waals surface area contributed by atoms with E-state index in [0.29, 0.717) is 11.5 Å². The highest BCUT2D eigenvalue weighted by molar-refractivity contribution is 5.82. The number of hydrogen-bond donors (Lipinski definition) is 3. The van der Waals surface area contributed by atoms with Gasteiger partial charge < -0.3 is 10.2 Å². The Bertz CT molecular complexity index is 645. The lowest BCUT2D eigenvalue weighted by Crippen LogP contribution is -2.22. The molecule has 0 aliphatic carbocycles. The number of benzene rings is 1. The van der Waals surface area contributed by atoms with E-state index in [1.807, 2.05) is 45.0 Å². The average molecular weight is 289 g/mol. The zero-order valence-electron chi connectivity index (χ0n) is 12.3. The van der Waals surface area contributed by atoms with Gasteiger partial charge in [0.15, 0.2) is 0 Å². The van der Waals surface area contributed by atoms with Crippen LogP contribution >= 0.6 is 0 Å². The van der Waals surface area contributed by atoms with Crippen LogP contribution in [0.3, 0.4) is 0 Å². The number of aliphatic hydroxyl groups excluding tert-OH is 1. The largest absolute Gasteiger partial charge is 0.465 e. The van der Waals surface area contributed by atoms with Crippen LogP contribution in [0.15, 0.2) is 30.3 Å². The quantitative estimate of drug-likeness (QED) is 0.807. The van der Waals surface area contributed by atoms with Gasteiger partial charge in [0.05, 0.1) is 18.0 Å². The molecule has 0 saturated heterocycles. The topological polar surface area (TPSA) is 87.4 Å². The molecule has 0 unspecified atom stereocenters. The highest BCUT2D eigenvalue weighted by atomic mass is 16.4. The average Bonchev–Trinajstić information content (AvgIpc) is 2.83. The fraction of sp³-hybridized carbons (Fsp3) is 0.333. The van der Waals surface area contributed by atoms with Crippen LogP contribution in [-0.2, 0) is 5.41 Å². The van der Waals surface area contributed by atoms with Gasteiger partial charge in [0, 0.05) is 11.5 Å². The summed E-state index contributed by atoms with van der Waals surface area (Å²) in [6, 6.07) is 9.23. The Balaban J connectivity index is 2.52. The third kappa shape index (κ3) is 3.22. The molecule has 2 rings (SSSR count). The highest BCUT2D eigenvalue weighted by Gasteiger charge is 2.25. The van der Waals surface area contributed by atoms with Crippen LogP contribution in [0.4, 0.5) is 10.6 Å². The van der Waals surface area contributed by atoms with Crippen molar-refractivity contribution in [1.29, 1.82) is 0 Å². The summed E-state index contributed by atoms with van der Waals surface area (Å²) in [5.41, 5.74) is 1.93. The van der Waals surface area contributed by atoms with E-state index < -0.39 is 11.5 Å². The van der Waals surface area contributed by atoms with Crippen molar-refractivity contribution in [1.82, 2.24) is 9.78 Å². The fourth-order valence-electron chi connectivity index (χ4n) is 1.87. The predicted molar refractivity (Wildman–Crippen MR) is 80.1 cm³/mol. The summed E-state index contributed by atoms with van der Waals surface area (Å²) in [6.07, 6.45) is -1.16. The lowest BCUT2D eigenvalue weighted by atomic mass is 9.91. The molecular formula is C15H19N3O3. The number of nitrogens with zero attached hydrogens (tertiary/aromatic N) is 2. The molecule has 1 amide bonds. The molecule has 1 aromatic heterocycles. The number of anilines is 1. The minimum atomic E-state index is -1.16. The summed E-state index contributed by atoms with van der Waals surface area (Å²) < 4.78 is 1.53. The van der Waals surface area contributed by atoms with Gasteiger partial charge >= 0.3 is 6.09 Å². The van der Waals surface area contributed by atoms with Crippen molar-refractivity contribution in [2.24, 2.45) is 0 Å². The highest BCUT2D eigenvalue weighted by Crippen LogP contribution is 2.26. The molecule has 1 aromatic carbocycles. The molecule has 0 spiro atoms. The number of aliphatic hydroxyl groups is 1. The zero-order valence-corrected chi connectivity index (χ0v) is 12.3. The number of rotatable bonds is 4. The van der Waals surface area contributed by atoms with E-state index >= 15 is 0 Å². The smallest absolute Gasteiger partial charge is 0.410 e. The molecule has 1 heterocycles. The van der Waals surface area contributed by atoms with Crippen LogP contribution in [0.1, 0.15) is 25.1 Å². The van der Waals surface area contributed by atoms with Crippen LogP contribution in [-0.4, -0.2) is 32.7 Å². The van der Waals surface area contributed by atoms with Gasteiger partial charge in [0.1, 0.15) is 5.82 Å². The number of carboxylic acid groups (broad SMARTS) is 1. The lowest BCUT2D eigenvalue weighted by molar-refractivity contribution is 0.209. The van der Waals surface area contributed by atoms with Crippen molar-refractivity contribution in [2.45, 2.75) is 26.2 Å². The van der Waals surface area contributed by atoms with Crippen molar-refractivity contribution in [2.75, 3.05) is 11.9 Å².